The molecule has 3 nitrogen and oxygen atoms in total. The predicted molar refractivity (Wildman–Crippen MR) is 65.7 cm³/mol. The van der Waals surface area contributed by atoms with Gasteiger partial charge in [0.2, 0.25) is 0 Å². The van der Waals surface area contributed by atoms with Gasteiger partial charge >= 0.3 is 0 Å². The van der Waals surface area contributed by atoms with Gasteiger partial charge in [-0.2, -0.15) is 0 Å². The maximum absolute atomic E-state index is 12.1. The van der Waals surface area contributed by atoms with Crippen LogP contribution >= 0.6 is 11.6 Å². The lowest BCUT2D eigenvalue weighted by Gasteiger charge is -2.22. The summed E-state index contributed by atoms with van der Waals surface area (Å²) in [6.07, 6.45) is 1.52. The third-order valence-electron chi connectivity index (χ3n) is 2.23. The van der Waals surface area contributed by atoms with Gasteiger partial charge in [-0.1, -0.05) is 25.4 Å². The highest BCUT2D eigenvalue weighted by Crippen LogP contribution is 2.09. The van der Waals surface area contributed by atoms with Crippen LogP contribution in [0.15, 0.2) is 18.3 Å². The number of aromatic nitrogens is 1. The summed E-state index contributed by atoms with van der Waals surface area (Å²) >= 11 is 5.68. The van der Waals surface area contributed by atoms with Gasteiger partial charge in [0.25, 0.3) is 5.91 Å². The maximum Gasteiger partial charge on any atom is 0.255 e. The molecule has 4 heteroatoms. The van der Waals surface area contributed by atoms with Crippen LogP contribution in [0.25, 0.3) is 0 Å². The van der Waals surface area contributed by atoms with Gasteiger partial charge in [-0.15, -0.1) is 0 Å². The summed E-state index contributed by atoms with van der Waals surface area (Å²) in [5, 5.41) is 0.406. The van der Waals surface area contributed by atoms with Gasteiger partial charge in [-0.05, 0) is 25.0 Å². The smallest absolute Gasteiger partial charge is 0.255 e. The first-order chi connectivity index (χ1) is 7.54. The molecular formula is C12H17ClN2O. The molecule has 0 aromatic carbocycles. The first kappa shape index (κ1) is 13.0. The molecule has 0 aliphatic carbocycles. The van der Waals surface area contributed by atoms with Gasteiger partial charge < -0.3 is 4.90 Å². The molecule has 0 N–H and O–H groups in total. The van der Waals surface area contributed by atoms with E-state index in [1.54, 1.807) is 12.1 Å². The van der Waals surface area contributed by atoms with E-state index in [4.69, 9.17) is 11.6 Å². The van der Waals surface area contributed by atoms with Gasteiger partial charge in [-0.3, -0.25) is 4.79 Å². The summed E-state index contributed by atoms with van der Waals surface area (Å²) in [6.45, 7) is 7.63. The van der Waals surface area contributed by atoms with Crippen LogP contribution in [0.4, 0.5) is 0 Å². The average Bonchev–Trinajstić information content (AvgIpc) is 2.25. The number of amides is 1. The molecule has 0 spiro atoms. The second-order valence-corrected chi connectivity index (χ2v) is 4.49. The quantitative estimate of drug-likeness (QED) is 0.759. The van der Waals surface area contributed by atoms with E-state index in [2.05, 4.69) is 18.8 Å². The molecular weight excluding hydrogens is 224 g/mol. The summed E-state index contributed by atoms with van der Waals surface area (Å²) in [4.78, 5) is 17.8. The molecule has 0 fully saturated rings. The molecule has 0 aliphatic rings. The van der Waals surface area contributed by atoms with Crippen LogP contribution in [0.2, 0.25) is 5.15 Å². The Morgan fingerprint density at radius 3 is 2.62 bits per heavy atom. The molecule has 0 unspecified atom stereocenters. The third-order valence-corrected chi connectivity index (χ3v) is 2.45. The molecule has 1 rings (SSSR count). The zero-order chi connectivity index (χ0) is 12.1. The van der Waals surface area contributed by atoms with Crippen molar-refractivity contribution in [2.24, 2.45) is 5.92 Å². The standard InChI is InChI=1S/C12H17ClN2O/c1-4-15(8-9(2)3)12(16)10-5-6-11(13)14-7-10/h5-7,9H,4,8H2,1-3H3. The number of halogens is 1. The Kier molecular flexibility index (Phi) is 4.74. The van der Waals surface area contributed by atoms with Gasteiger partial charge in [0.1, 0.15) is 5.15 Å². The van der Waals surface area contributed by atoms with E-state index in [-0.39, 0.29) is 5.91 Å². The molecule has 1 aromatic rings. The fraction of sp³-hybridized carbons (Fsp3) is 0.500. The first-order valence-corrected chi connectivity index (χ1v) is 5.83. The van der Waals surface area contributed by atoms with Crippen LogP contribution in [0.5, 0.6) is 0 Å². The monoisotopic (exact) mass is 240 g/mol. The highest BCUT2D eigenvalue weighted by Gasteiger charge is 2.15. The summed E-state index contributed by atoms with van der Waals surface area (Å²) in [5.74, 6) is 0.476. The Hall–Kier alpha value is -1.09. The summed E-state index contributed by atoms with van der Waals surface area (Å²) in [7, 11) is 0. The SMILES string of the molecule is CCN(CC(C)C)C(=O)c1ccc(Cl)nc1. The van der Waals surface area contributed by atoms with Crippen LogP contribution < -0.4 is 0 Å². The lowest BCUT2D eigenvalue weighted by Crippen LogP contribution is -2.34. The minimum Gasteiger partial charge on any atom is -0.339 e. The lowest BCUT2D eigenvalue weighted by atomic mass is 10.2. The minimum absolute atomic E-state index is 0.0142. The largest absolute Gasteiger partial charge is 0.339 e. The van der Waals surface area contributed by atoms with Gasteiger partial charge in [0, 0.05) is 19.3 Å². The van der Waals surface area contributed by atoms with Crippen molar-refractivity contribution < 1.29 is 4.79 Å². The summed E-state index contributed by atoms with van der Waals surface area (Å²) in [6, 6.07) is 3.35. The second kappa shape index (κ2) is 5.85. The molecule has 1 aromatic heterocycles. The Balaban J connectivity index is 2.78. The van der Waals surface area contributed by atoms with Crippen molar-refractivity contribution in [1.29, 1.82) is 0 Å². The van der Waals surface area contributed by atoms with Crippen LogP contribution in [0.1, 0.15) is 31.1 Å². The molecule has 1 amide bonds. The van der Waals surface area contributed by atoms with Crippen molar-refractivity contribution in [3.63, 3.8) is 0 Å². The van der Waals surface area contributed by atoms with Crippen molar-refractivity contribution in [3.05, 3.63) is 29.0 Å². The summed E-state index contributed by atoms with van der Waals surface area (Å²) in [5.41, 5.74) is 0.590. The van der Waals surface area contributed by atoms with Gasteiger partial charge in [0.15, 0.2) is 0 Å². The van der Waals surface area contributed by atoms with Crippen LogP contribution in [-0.2, 0) is 0 Å². The van der Waals surface area contributed by atoms with Crippen molar-refractivity contribution in [3.8, 4) is 0 Å². The molecule has 0 radical (unpaired) electrons. The number of hydrogen-bond donors (Lipinski definition) is 0. The zero-order valence-electron chi connectivity index (χ0n) is 9.90. The number of hydrogen-bond acceptors (Lipinski definition) is 2. The van der Waals surface area contributed by atoms with Crippen LogP contribution in [0, 0.1) is 5.92 Å². The third kappa shape index (κ3) is 3.49. The number of nitrogens with zero attached hydrogens (tertiary/aromatic N) is 2. The van der Waals surface area contributed by atoms with Crippen molar-refractivity contribution in [1.82, 2.24) is 9.88 Å². The van der Waals surface area contributed by atoms with Gasteiger partial charge in [-0.25, -0.2) is 4.98 Å². The Morgan fingerprint density at radius 2 is 2.19 bits per heavy atom. The van der Waals surface area contributed by atoms with E-state index in [1.165, 1.54) is 6.20 Å². The molecule has 16 heavy (non-hydrogen) atoms. The van der Waals surface area contributed by atoms with E-state index in [1.807, 2.05) is 11.8 Å². The number of rotatable bonds is 4. The Bertz CT molecular complexity index is 349. The molecule has 0 saturated heterocycles. The van der Waals surface area contributed by atoms with Crippen molar-refractivity contribution >= 4 is 17.5 Å². The van der Waals surface area contributed by atoms with Crippen LogP contribution in [0.3, 0.4) is 0 Å². The molecule has 88 valence electrons. The molecule has 0 saturated carbocycles. The molecule has 1 heterocycles. The van der Waals surface area contributed by atoms with Gasteiger partial charge in [0.05, 0.1) is 5.56 Å². The minimum atomic E-state index is 0.0142. The van der Waals surface area contributed by atoms with E-state index >= 15 is 0 Å². The van der Waals surface area contributed by atoms with E-state index < -0.39 is 0 Å². The Labute approximate surface area is 101 Å². The highest BCUT2D eigenvalue weighted by atomic mass is 35.5. The number of pyridine rings is 1. The first-order valence-electron chi connectivity index (χ1n) is 5.45. The van der Waals surface area contributed by atoms with E-state index in [0.717, 1.165) is 6.54 Å². The predicted octanol–water partition coefficient (Wildman–Crippen LogP) is 2.85. The second-order valence-electron chi connectivity index (χ2n) is 4.11. The normalized spacial score (nSPS) is 10.6. The van der Waals surface area contributed by atoms with E-state index in [9.17, 15) is 4.79 Å². The van der Waals surface area contributed by atoms with Crippen LogP contribution in [-0.4, -0.2) is 28.9 Å². The average molecular weight is 241 g/mol. The molecule has 0 atom stereocenters. The topological polar surface area (TPSA) is 33.2 Å². The molecule has 0 bridgehead atoms. The summed E-state index contributed by atoms with van der Waals surface area (Å²) < 4.78 is 0. The number of carbonyl (C=O) groups excluding carboxylic acids is 1. The highest BCUT2D eigenvalue weighted by molar-refractivity contribution is 6.29. The Morgan fingerprint density at radius 1 is 1.50 bits per heavy atom. The van der Waals surface area contributed by atoms with Crippen molar-refractivity contribution in [2.45, 2.75) is 20.8 Å². The van der Waals surface area contributed by atoms with Crippen molar-refractivity contribution in [2.75, 3.05) is 13.1 Å². The zero-order valence-corrected chi connectivity index (χ0v) is 10.7. The lowest BCUT2D eigenvalue weighted by molar-refractivity contribution is 0.0745. The fourth-order valence-corrected chi connectivity index (χ4v) is 1.59. The fourth-order valence-electron chi connectivity index (χ4n) is 1.48. The molecule has 0 aliphatic heterocycles. The number of carbonyl (C=O) groups is 1. The maximum atomic E-state index is 12.1. The van der Waals surface area contributed by atoms with E-state index in [0.29, 0.717) is 23.2 Å².